The molecule has 2 N–H and O–H groups in total. The number of rotatable bonds is 6. The van der Waals surface area contributed by atoms with E-state index in [1.807, 2.05) is 6.92 Å². The first-order valence-electron chi connectivity index (χ1n) is 5.91. The summed E-state index contributed by atoms with van der Waals surface area (Å²) in [6.07, 6.45) is 2.94. The number of hydrogen-bond donors (Lipinski definition) is 2. The molecule has 7 heteroatoms. The summed E-state index contributed by atoms with van der Waals surface area (Å²) >= 11 is 0. The van der Waals surface area contributed by atoms with Crippen molar-refractivity contribution in [3.8, 4) is 0 Å². The summed E-state index contributed by atoms with van der Waals surface area (Å²) in [5.74, 6) is 0.0772. The summed E-state index contributed by atoms with van der Waals surface area (Å²) in [5.41, 5.74) is 0. The topological polar surface area (TPSA) is 78.5 Å². The number of likely N-dealkylation sites (N-methyl/N-ethyl adjacent to an activating group) is 1. The maximum atomic E-state index is 12.0. The highest BCUT2D eigenvalue weighted by molar-refractivity contribution is 7.88. The first-order valence-corrected chi connectivity index (χ1v) is 7.80. The van der Waals surface area contributed by atoms with Gasteiger partial charge < -0.3 is 10.2 Å². The van der Waals surface area contributed by atoms with Crippen LogP contribution in [0.3, 0.4) is 0 Å². The van der Waals surface area contributed by atoms with E-state index in [2.05, 4.69) is 10.0 Å². The zero-order chi connectivity index (χ0) is 12.9. The summed E-state index contributed by atoms with van der Waals surface area (Å²) in [6.45, 7) is 4.17. The fraction of sp³-hybridized carbons (Fsp3) is 0.900. The standard InChI is InChI=1S/C10H21N3O3S/c1-3-11-9-5-4-7-13(10(9)14)8-6-12-17(2,15)16/h9,11-12H,3-8H2,1-2H3. The predicted molar refractivity (Wildman–Crippen MR) is 66.1 cm³/mol. The predicted octanol–water partition coefficient (Wildman–Crippen LogP) is -0.864. The van der Waals surface area contributed by atoms with Crippen LogP contribution >= 0.6 is 0 Å². The van der Waals surface area contributed by atoms with Crippen molar-refractivity contribution in [3.05, 3.63) is 0 Å². The fourth-order valence-electron chi connectivity index (χ4n) is 1.96. The number of nitrogens with one attached hydrogen (secondary N) is 2. The third-order valence-corrected chi connectivity index (χ3v) is 3.46. The molecule has 0 spiro atoms. The van der Waals surface area contributed by atoms with Crippen molar-refractivity contribution in [2.45, 2.75) is 25.8 Å². The molecule has 0 bridgehead atoms. The lowest BCUT2D eigenvalue weighted by Crippen LogP contribution is -2.52. The van der Waals surface area contributed by atoms with Crippen LogP contribution < -0.4 is 10.0 Å². The molecule has 1 unspecified atom stereocenters. The second-order valence-corrected chi connectivity index (χ2v) is 6.08. The number of hydrogen-bond acceptors (Lipinski definition) is 4. The van der Waals surface area contributed by atoms with E-state index >= 15 is 0 Å². The van der Waals surface area contributed by atoms with E-state index in [9.17, 15) is 13.2 Å². The van der Waals surface area contributed by atoms with Crippen molar-refractivity contribution in [1.29, 1.82) is 0 Å². The normalized spacial score (nSPS) is 21.9. The van der Waals surface area contributed by atoms with E-state index in [0.717, 1.165) is 25.6 Å². The van der Waals surface area contributed by atoms with Crippen LogP contribution in [0, 0.1) is 0 Å². The van der Waals surface area contributed by atoms with Gasteiger partial charge >= 0.3 is 0 Å². The molecule has 1 aliphatic rings. The number of carbonyl (C=O) groups excluding carboxylic acids is 1. The van der Waals surface area contributed by atoms with E-state index < -0.39 is 10.0 Å². The van der Waals surface area contributed by atoms with Crippen molar-refractivity contribution in [2.24, 2.45) is 0 Å². The van der Waals surface area contributed by atoms with Gasteiger partial charge in [-0.3, -0.25) is 4.79 Å². The lowest BCUT2D eigenvalue weighted by molar-refractivity contribution is -0.135. The molecule has 0 aromatic heterocycles. The Hall–Kier alpha value is -0.660. The Morgan fingerprint density at radius 3 is 2.76 bits per heavy atom. The van der Waals surface area contributed by atoms with Crippen molar-refractivity contribution < 1.29 is 13.2 Å². The summed E-state index contributed by atoms with van der Waals surface area (Å²) in [7, 11) is -3.17. The monoisotopic (exact) mass is 263 g/mol. The molecule has 0 saturated carbocycles. The molecule has 0 aliphatic carbocycles. The molecule has 0 aromatic rings. The van der Waals surface area contributed by atoms with Crippen LogP contribution in [0.15, 0.2) is 0 Å². The smallest absolute Gasteiger partial charge is 0.239 e. The quantitative estimate of drug-likeness (QED) is 0.653. The van der Waals surface area contributed by atoms with Crippen molar-refractivity contribution in [3.63, 3.8) is 0 Å². The Kier molecular flexibility index (Phi) is 5.35. The lowest BCUT2D eigenvalue weighted by atomic mass is 10.0. The zero-order valence-electron chi connectivity index (χ0n) is 10.4. The number of nitrogens with zero attached hydrogens (tertiary/aromatic N) is 1. The fourth-order valence-corrected chi connectivity index (χ4v) is 2.43. The summed E-state index contributed by atoms with van der Waals surface area (Å²) < 4.78 is 24.2. The van der Waals surface area contributed by atoms with Crippen LogP contribution in [0.5, 0.6) is 0 Å². The average Bonchev–Trinajstić information content (AvgIpc) is 2.22. The molecule has 17 heavy (non-hydrogen) atoms. The zero-order valence-corrected chi connectivity index (χ0v) is 11.2. The summed E-state index contributed by atoms with van der Waals surface area (Å²) in [4.78, 5) is 13.7. The Morgan fingerprint density at radius 1 is 1.47 bits per heavy atom. The van der Waals surface area contributed by atoms with Gasteiger partial charge in [0.25, 0.3) is 0 Å². The van der Waals surface area contributed by atoms with Crippen molar-refractivity contribution >= 4 is 15.9 Å². The molecular formula is C10H21N3O3S. The van der Waals surface area contributed by atoms with Crippen LogP contribution in [-0.4, -0.2) is 57.7 Å². The van der Waals surface area contributed by atoms with Crippen molar-refractivity contribution in [1.82, 2.24) is 14.9 Å². The molecule has 1 rings (SSSR count). The van der Waals surface area contributed by atoms with Crippen LogP contribution in [0.4, 0.5) is 0 Å². The average molecular weight is 263 g/mol. The SMILES string of the molecule is CCNC1CCCN(CCNS(C)(=O)=O)C1=O. The largest absolute Gasteiger partial charge is 0.340 e. The van der Waals surface area contributed by atoms with Gasteiger partial charge in [-0.2, -0.15) is 0 Å². The van der Waals surface area contributed by atoms with Crippen molar-refractivity contribution in [2.75, 3.05) is 32.4 Å². The lowest BCUT2D eigenvalue weighted by Gasteiger charge is -2.32. The van der Waals surface area contributed by atoms with Gasteiger partial charge in [0.15, 0.2) is 0 Å². The molecule has 1 aliphatic heterocycles. The van der Waals surface area contributed by atoms with Crippen LogP contribution in [0.25, 0.3) is 0 Å². The molecule has 0 aromatic carbocycles. The number of sulfonamides is 1. The molecule has 1 amide bonds. The van der Waals surface area contributed by atoms with Gasteiger partial charge in [0, 0.05) is 19.6 Å². The van der Waals surface area contributed by atoms with Crippen LogP contribution in [0.2, 0.25) is 0 Å². The first-order chi connectivity index (χ1) is 7.94. The highest BCUT2D eigenvalue weighted by Gasteiger charge is 2.27. The number of piperidine rings is 1. The van der Waals surface area contributed by atoms with E-state index in [0.29, 0.717) is 13.1 Å². The number of amides is 1. The molecule has 6 nitrogen and oxygen atoms in total. The Labute approximate surface area is 103 Å². The van der Waals surface area contributed by atoms with Gasteiger partial charge in [0.2, 0.25) is 15.9 Å². The molecule has 100 valence electrons. The summed E-state index contributed by atoms with van der Waals surface area (Å²) in [6, 6.07) is -0.105. The van der Waals surface area contributed by atoms with E-state index in [1.165, 1.54) is 0 Å². The second-order valence-electron chi connectivity index (χ2n) is 4.24. The van der Waals surface area contributed by atoms with Gasteiger partial charge in [0.05, 0.1) is 12.3 Å². The third kappa shape index (κ3) is 5.01. The molecular weight excluding hydrogens is 242 g/mol. The minimum Gasteiger partial charge on any atom is -0.340 e. The van der Waals surface area contributed by atoms with Gasteiger partial charge in [-0.25, -0.2) is 13.1 Å². The second kappa shape index (κ2) is 6.32. The first kappa shape index (κ1) is 14.4. The maximum Gasteiger partial charge on any atom is 0.239 e. The van der Waals surface area contributed by atoms with Gasteiger partial charge in [-0.1, -0.05) is 6.92 Å². The maximum absolute atomic E-state index is 12.0. The van der Waals surface area contributed by atoms with Crippen LogP contribution in [0.1, 0.15) is 19.8 Å². The summed E-state index contributed by atoms with van der Waals surface area (Å²) in [5, 5.41) is 3.14. The third-order valence-electron chi connectivity index (χ3n) is 2.73. The molecule has 1 atom stereocenters. The van der Waals surface area contributed by atoms with Crippen LogP contribution in [-0.2, 0) is 14.8 Å². The van der Waals surface area contributed by atoms with E-state index in [1.54, 1.807) is 4.90 Å². The Bertz CT molecular complexity index is 354. The number of likely N-dealkylation sites (tertiary alicyclic amines) is 1. The van der Waals surface area contributed by atoms with Gasteiger partial charge in [0.1, 0.15) is 0 Å². The molecule has 1 heterocycles. The Balaban J connectivity index is 2.40. The molecule has 0 radical (unpaired) electrons. The number of carbonyl (C=O) groups is 1. The van der Waals surface area contributed by atoms with Gasteiger partial charge in [-0.15, -0.1) is 0 Å². The van der Waals surface area contributed by atoms with Gasteiger partial charge in [-0.05, 0) is 19.4 Å². The Morgan fingerprint density at radius 2 is 2.18 bits per heavy atom. The van der Waals surface area contributed by atoms with E-state index in [4.69, 9.17) is 0 Å². The highest BCUT2D eigenvalue weighted by atomic mass is 32.2. The molecule has 1 saturated heterocycles. The van der Waals surface area contributed by atoms with E-state index in [-0.39, 0.29) is 18.5 Å². The molecule has 1 fully saturated rings. The minimum atomic E-state index is -3.17. The highest BCUT2D eigenvalue weighted by Crippen LogP contribution is 2.10. The minimum absolute atomic E-state index is 0.0772.